The van der Waals surface area contributed by atoms with Crippen molar-refractivity contribution in [2.24, 2.45) is 0 Å². The van der Waals surface area contributed by atoms with Crippen LogP contribution in [0.3, 0.4) is 0 Å². The summed E-state index contributed by atoms with van der Waals surface area (Å²) >= 11 is 0. The number of benzene rings is 2. The molecular formula is C16H17F2NO2S. The second kappa shape index (κ2) is 6.87. The van der Waals surface area contributed by atoms with E-state index in [1.165, 1.54) is 12.1 Å². The Balaban J connectivity index is 2.19. The SMILES string of the molecule is CCCCc1ccc(S(=O)(=O)Nc2ccc(F)cc2F)cc1. The highest BCUT2D eigenvalue weighted by atomic mass is 32.2. The highest BCUT2D eigenvalue weighted by molar-refractivity contribution is 7.92. The lowest BCUT2D eigenvalue weighted by Crippen LogP contribution is -2.14. The first-order valence-corrected chi connectivity index (χ1v) is 8.47. The van der Waals surface area contributed by atoms with Crippen molar-refractivity contribution >= 4 is 15.7 Å². The third-order valence-electron chi connectivity index (χ3n) is 3.23. The van der Waals surface area contributed by atoms with E-state index in [0.717, 1.165) is 37.0 Å². The van der Waals surface area contributed by atoms with Crippen molar-refractivity contribution in [2.45, 2.75) is 31.1 Å². The number of hydrogen-bond donors (Lipinski definition) is 1. The Kier molecular flexibility index (Phi) is 5.13. The van der Waals surface area contributed by atoms with Gasteiger partial charge in [0.05, 0.1) is 10.6 Å². The fraction of sp³-hybridized carbons (Fsp3) is 0.250. The zero-order valence-corrected chi connectivity index (χ0v) is 13.0. The molecule has 0 radical (unpaired) electrons. The van der Waals surface area contributed by atoms with E-state index < -0.39 is 21.7 Å². The summed E-state index contributed by atoms with van der Waals surface area (Å²) in [7, 11) is -3.90. The first kappa shape index (κ1) is 16.4. The molecule has 0 fully saturated rings. The molecule has 0 aliphatic rings. The van der Waals surface area contributed by atoms with E-state index in [1.54, 1.807) is 12.1 Å². The average Bonchev–Trinajstić information content (AvgIpc) is 2.48. The number of anilines is 1. The molecule has 118 valence electrons. The molecule has 0 atom stereocenters. The van der Waals surface area contributed by atoms with Crippen molar-refractivity contribution in [3.8, 4) is 0 Å². The van der Waals surface area contributed by atoms with Crippen LogP contribution in [0.15, 0.2) is 47.4 Å². The van der Waals surface area contributed by atoms with Crippen LogP contribution in [-0.4, -0.2) is 8.42 Å². The molecule has 3 nitrogen and oxygen atoms in total. The first-order valence-electron chi connectivity index (χ1n) is 6.99. The van der Waals surface area contributed by atoms with Crippen LogP contribution in [0.5, 0.6) is 0 Å². The summed E-state index contributed by atoms with van der Waals surface area (Å²) in [6.07, 6.45) is 2.98. The third kappa shape index (κ3) is 4.04. The highest BCUT2D eigenvalue weighted by Gasteiger charge is 2.16. The van der Waals surface area contributed by atoms with Gasteiger partial charge < -0.3 is 0 Å². The summed E-state index contributed by atoms with van der Waals surface area (Å²) in [4.78, 5) is 0.0384. The molecule has 0 amide bonds. The molecule has 0 saturated carbocycles. The molecule has 6 heteroatoms. The predicted octanol–water partition coefficient (Wildman–Crippen LogP) is 4.11. The van der Waals surface area contributed by atoms with Crippen LogP contribution < -0.4 is 4.72 Å². The standard InChI is InChI=1S/C16H17F2NO2S/c1-2-3-4-12-5-8-14(9-6-12)22(20,21)19-16-10-7-13(17)11-15(16)18/h5-11,19H,2-4H2,1H3. The van der Waals surface area contributed by atoms with Crippen molar-refractivity contribution in [1.82, 2.24) is 0 Å². The van der Waals surface area contributed by atoms with Crippen LogP contribution in [0.25, 0.3) is 0 Å². The lowest BCUT2D eigenvalue weighted by Gasteiger charge is -2.09. The van der Waals surface area contributed by atoms with Crippen molar-refractivity contribution in [3.05, 3.63) is 59.7 Å². The molecule has 2 aromatic rings. The lowest BCUT2D eigenvalue weighted by molar-refractivity contribution is 0.583. The van der Waals surface area contributed by atoms with Gasteiger partial charge in [0.15, 0.2) is 0 Å². The zero-order valence-electron chi connectivity index (χ0n) is 12.1. The summed E-state index contributed by atoms with van der Waals surface area (Å²) < 4.78 is 52.9. The number of rotatable bonds is 6. The van der Waals surface area contributed by atoms with Crippen molar-refractivity contribution in [2.75, 3.05) is 4.72 Å². The van der Waals surface area contributed by atoms with Gasteiger partial charge in [0, 0.05) is 6.07 Å². The van der Waals surface area contributed by atoms with Gasteiger partial charge in [0.2, 0.25) is 0 Å². The van der Waals surface area contributed by atoms with Crippen LogP contribution in [-0.2, 0) is 16.4 Å². The Morgan fingerprint density at radius 1 is 1.05 bits per heavy atom. The molecule has 0 bridgehead atoms. The monoisotopic (exact) mass is 325 g/mol. The van der Waals surface area contributed by atoms with Crippen LogP contribution in [0.2, 0.25) is 0 Å². The quantitative estimate of drug-likeness (QED) is 0.869. The largest absolute Gasteiger partial charge is 0.277 e. The van der Waals surface area contributed by atoms with Gasteiger partial charge in [0.1, 0.15) is 11.6 Å². The van der Waals surface area contributed by atoms with Gasteiger partial charge in [-0.25, -0.2) is 17.2 Å². The Morgan fingerprint density at radius 2 is 1.73 bits per heavy atom. The highest BCUT2D eigenvalue weighted by Crippen LogP contribution is 2.20. The Bertz CT molecular complexity index is 743. The molecule has 0 saturated heterocycles. The Hall–Kier alpha value is -1.95. The van der Waals surface area contributed by atoms with Crippen LogP contribution in [0.4, 0.5) is 14.5 Å². The molecule has 22 heavy (non-hydrogen) atoms. The van der Waals surface area contributed by atoms with Gasteiger partial charge in [-0.3, -0.25) is 4.72 Å². The molecule has 0 heterocycles. The topological polar surface area (TPSA) is 46.2 Å². The predicted molar refractivity (Wildman–Crippen MR) is 82.2 cm³/mol. The minimum absolute atomic E-state index is 0.0384. The Morgan fingerprint density at radius 3 is 2.32 bits per heavy atom. The molecule has 0 unspecified atom stereocenters. The normalized spacial score (nSPS) is 11.4. The fourth-order valence-corrected chi connectivity index (χ4v) is 3.06. The number of nitrogens with one attached hydrogen (secondary N) is 1. The molecule has 2 rings (SSSR count). The molecular weight excluding hydrogens is 308 g/mol. The molecule has 0 aliphatic heterocycles. The maximum absolute atomic E-state index is 13.5. The molecule has 0 aromatic heterocycles. The number of halogens is 2. The summed E-state index contributed by atoms with van der Waals surface area (Å²) in [5.74, 6) is -1.72. The summed E-state index contributed by atoms with van der Waals surface area (Å²) in [5.41, 5.74) is 0.769. The lowest BCUT2D eigenvalue weighted by atomic mass is 10.1. The molecule has 2 aromatic carbocycles. The zero-order chi connectivity index (χ0) is 16.2. The average molecular weight is 325 g/mol. The number of hydrogen-bond acceptors (Lipinski definition) is 2. The van der Waals surface area contributed by atoms with Crippen LogP contribution in [0, 0.1) is 11.6 Å². The smallest absolute Gasteiger partial charge is 0.261 e. The number of sulfonamides is 1. The van der Waals surface area contributed by atoms with E-state index in [0.29, 0.717) is 6.07 Å². The van der Waals surface area contributed by atoms with Gasteiger partial charge in [0.25, 0.3) is 10.0 Å². The van der Waals surface area contributed by atoms with E-state index >= 15 is 0 Å². The van der Waals surface area contributed by atoms with Crippen molar-refractivity contribution in [3.63, 3.8) is 0 Å². The Labute approximate surface area is 129 Å². The van der Waals surface area contributed by atoms with E-state index in [1.807, 2.05) is 0 Å². The summed E-state index contributed by atoms with van der Waals surface area (Å²) in [6, 6.07) is 9.12. The van der Waals surface area contributed by atoms with Crippen LogP contribution >= 0.6 is 0 Å². The second-order valence-corrected chi connectivity index (χ2v) is 6.66. The first-order chi connectivity index (χ1) is 10.4. The van der Waals surface area contributed by atoms with Crippen molar-refractivity contribution < 1.29 is 17.2 Å². The van der Waals surface area contributed by atoms with Crippen LogP contribution in [0.1, 0.15) is 25.3 Å². The minimum atomic E-state index is -3.90. The van der Waals surface area contributed by atoms with Gasteiger partial charge in [-0.05, 0) is 42.7 Å². The van der Waals surface area contributed by atoms with E-state index in [-0.39, 0.29) is 10.6 Å². The maximum atomic E-state index is 13.5. The summed E-state index contributed by atoms with van der Waals surface area (Å²) in [5, 5.41) is 0. The summed E-state index contributed by atoms with van der Waals surface area (Å²) in [6.45, 7) is 2.08. The number of unbranched alkanes of at least 4 members (excludes halogenated alkanes) is 1. The second-order valence-electron chi connectivity index (χ2n) is 4.98. The fourth-order valence-electron chi connectivity index (χ4n) is 1.99. The van der Waals surface area contributed by atoms with Crippen molar-refractivity contribution in [1.29, 1.82) is 0 Å². The molecule has 0 aliphatic carbocycles. The molecule has 1 N–H and O–H groups in total. The van der Waals surface area contributed by atoms with E-state index in [2.05, 4.69) is 11.6 Å². The molecule has 0 spiro atoms. The minimum Gasteiger partial charge on any atom is -0.277 e. The van der Waals surface area contributed by atoms with Gasteiger partial charge in [-0.2, -0.15) is 0 Å². The van der Waals surface area contributed by atoms with Gasteiger partial charge >= 0.3 is 0 Å². The van der Waals surface area contributed by atoms with E-state index in [4.69, 9.17) is 0 Å². The van der Waals surface area contributed by atoms with Gasteiger partial charge in [-0.1, -0.05) is 25.5 Å². The van der Waals surface area contributed by atoms with E-state index in [9.17, 15) is 17.2 Å². The number of aryl methyl sites for hydroxylation is 1. The van der Waals surface area contributed by atoms with Gasteiger partial charge in [-0.15, -0.1) is 0 Å². The maximum Gasteiger partial charge on any atom is 0.261 e. The third-order valence-corrected chi connectivity index (χ3v) is 4.61.